The van der Waals surface area contributed by atoms with Gasteiger partial charge in [-0.25, -0.2) is 9.59 Å². The fourth-order valence-corrected chi connectivity index (χ4v) is 3.23. The van der Waals surface area contributed by atoms with Crippen molar-refractivity contribution in [2.24, 2.45) is 0 Å². The third-order valence-electron chi connectivity index (χ3n) is 5.39. The molecular formula is C31H57NO5. The van der Waals surface area contributed by atoms with E-state index in [-0.39, 0.29) is 23.5 Å². The summed E-state index contributed by atoms with van der Waals surface area (Å²) in [4.78, 5) is 30.8. The Morgan fingerprint density at radius 1 is 0.757 bits per heavy atom. The largest absolute Gasteiger partial charge is 0.478 e. The predicted octanol–water partition coefficient (Wildman–Crippen LogP) is 8.32. The number of nitrogens with one attached hydrogen (secondary N) is 1. The molecule has 0 rings (SSSR count). The van der Waals surface area contributed by atoms with Crippen molar-refractivity contribution in [2.45, 2.75) is 136 Å². The quantitative estimate of drug-likeness (QED) is 0.0896. The number of aliphatic carboxylic acids is 1. The molecule has 216 valence electrons. The molecule has 0 saturated heterocycles. The van der Waals surface area contributed by atoms with Crippen LogP contribution in [0.15, 0.2) is 37.5 Å². The number of rotatable bonds is 21. The summed E-state index contributed by atoms with van der Waals surface area (Å²) in [6.45, 7) is 17.9. The number of esters is 1. The van der Waals surface area contributed by atoms with E-state index in [1.807, 2.05) is 13.8 Å². The zero-order valence-electron chi connectivity index (χ0n) is 24.5. The van der Waals surface area contributed by atoms with E-state index in [0.717, 1.165) is 6.42 Å². The summed E-state index contributed by atoms with van der Waals surface area (Å²) in [5.74, 6) is -1.35. The molecule has 0 fully saturated rings. The van der Waals surface area contributed by atoms with E-state index in [1.165, 1.54) is 115 Å². The summed E-state index contributed by atoms with van der Waals surface area (Å²) in [6.07, 6.45) is 24.2. The molecule has 0 aromatic rings. The van der Waals surface area contributed by atoms with Gasteiger partial charge in [0.25, 0.3) is 0 Å². The van der Waals surface area contributed by atoms with Gasteiger partial charge in [0.2, 0.25) is 5.91 Å². The number of ether oxygens (including phenoxy) is 1. The molecule has 0 aliphatic heterocycles. The first-order valence-corrected chi connectivity index (χ1v) is 14.2. The standard InChI is InChI=1S/C21H40O2.C6H11NO.C4H6O2/c1-3-5-6-7-8-9-10-11-12-13-14-15-16-17-18-19-20-23-21(22)4-2;1-4-6(8)7-5(2)3;1-3(2)4(5)6/h4H,2-3,5-20H2,1H3;4-5H,1H2,2-3H3,(H,7,8);1H2,2H3,(H,5,6). The van der Waals surface area contributed by atoms with Gasteiger partial charge in [-0.2, -0.15) is 0 Å². The average molecular weight is 524 g/mol. The Morgan fingerprint density at radius 3 is 1.35 bits per heavy atom. The predicted molar refractivity (Wildman–Crippen MR) is 157 cm³/mol. The number of hydrogen-bond acceptors (Lipinski definition) is 4. The summed E-state index contributed by atoms with van der Waals surface area (Å²) in [5, 5.41) is 10.5. The van der Waals surface area contributed by atoms with Crippen LogP contribution < -0.4 is 5.32 Å². The van der Waals surface area contributed by atoms with E-state index in [1.54, 1.807) is 0 Å². The highest BCUT2D eigenvalue weighted by Gasteiger charge is 1.97. The minimum absolute atomic E-state index is 0.111. The van der Waals surface area contributed by atoms with Crippen LogP contribution in [-0.2, 0) is 19.1 Å². The van der Waals surface area contributed by atoms with Crippen molar-refractivity contribution in [1.82, 2.24) is 5.32 Å². The highest BCUT2D eigenvalue weighted by atomic mass is 16.5. The molecule has 6 heteroatoms. The Balaban J connectivity index is -0.000000671. The molecule has 0 bridgehead atoms. The topological polar surface area (TPSA) is 92.7 Å². The van der Waals surface area contributed by atoms with Crippen LogP contribution in [0.5, 0.6) is 0 Å². The molecule has 0 aromatic carbocycles. The first-order valence-electron chi connectivity index (χ1n) is 14.2. The lowest BCUT2D eigenvalue weighted by molar-refractivity contribution is -0.138. The van der Waals surface area contributed by atoms with Crippen molar-refractivity contribution < 1.29 is 24.2 Å². The van der Waals surface area contributed by atoms with Gasteiger partial charge in [-0.05, 0) is 33.3 Å². The van der Waals surface area contributed by atoms with Crippen LogP contribution in [0.2, 0.25) is 0 Å². The number of carbonyl (C=O) groups is 3. The third kappa shape index (κ3) is 41.0. The Kier molecular flexibility index (Phi) is 33.5. The van der Waals surface area contributed by atoms with Gasteiger partial charge in [0, 0.05) is 17.7 Å². The lowest BCUT2D eigenvalue weighted by atomic mass is 10.0. The molecule has 0 unspecified atom stereocenters. The van der Waals surface area contributed by atoms with E-state index in [2.05, 4.69) is 32.0 Å². The minimum Gasteiger partial charge on any atom is -0.478 e. The number of carboxylic acids is 1. The molecule has 0 aliphatic rings. The maximum Gasteiger partial charge on any atom is 0.330 e. The monoisotopic (exact) mass is 523 g/mol. The number of amides is 1. The molecule has 6 nitrogen and oxygen atoms in total. The van der Waals surface area contributed by atoms with E-state index in [4.69, 9.17) is 9.84 Å². The lowest BCUT2D eigenvalue weighted by Crippen LogP contribution is -2.27. The fraction of sp³-hybridized carbons (Fsp3) is 0.710. The molecular weight excluding hydrogens is 466 g/mol. The third-order valence-corrected chi connectivity index (χ3v) is 5.39. The lowest BCUT2D eigenvalue weighted by Gasteiger charge is -2.04. The Hall–Kier alpha value is -2.37. The van der Waals surface area contributed by atoms with E-state index in [9.17, 15) is 14.4 Å². The number of carbonyl (C=O) groups excluding carboxylic acids is 2. The van der Waals surface area contributed by atoms with Crippen molar-refractivity contribution in [3.63, 3.8) is 0 Å². The van der Waals surface area contributed by atoms with Gasteiger partial charge in [-0.15, -0.1) is 0 Å². The molecule has 37 heavy (non-hydrogen) atoms. The van der Waals surface area contributed by atoms with Crippen molar-refractivity contribution >= 4 is 17.8 Å². The zero-order valence-corrected chi connectivity index (χ0v) is 24.5. The first-order chi connectivity index (χ1) is 17.6. The fourth-order valence-electron chi connectivity index (χ4n) is 3.23. The number of carboxylic acid groups (broad SMARTS) is 1. The van der Waals surface area contributed by atoms with Gasteiger partial charge in [-0.1, -0.05) is 123 Å². The van der Waals surface area contributed by atoms with Crippen LogP contribution in [0.25, 0.3) is 0 Å². The van der Waals surface area contributed by atoms with E-state index >= 15 is 0 Å². The number of hydrogen-bond donors (Lipinski definition) is 2. The van der Waals surface area contributed by atoms with Crippen molar-refractivity contribution in [2.75, 3.05) is 6.61 Å². The van der Waals surface area contributed by atoms with Crippen LogP contribution in [0.4, 0.5) is 0 Å². The maximum absolute atomic E-state index is 10.8. The van der Waals surface area contributed by atoms with E-state index < -0.39 is 5.97 Å². The molecule has 0 radical (unpaired) electrons. The molecule has 0 aromatic heterocycles. The van der Waals surface area contributed by atoms with Crippen LogP contribution >= 0.6 is 0 Å². The van der Waals surface area contributed by atoms with Gasteiger partial charge in [0.1, 0.15) is 0 Å². The summed E-state index contributed by atoms with van der Waals surface area (Å²) in [6, 6.07) is 0.209. The minimum atomic E-state index is -0.935. The average Bonchev–Trinajstić information content (AvgIpc) is 2.85. The Bertz CT molecular complexity index is 586. The van der Waals surface area contributed by atoms with Gasteiger partial charge >= 0.3 is 11.9 Å². The smallest absolute Gasteiger partial charge is 0.330 e. The molecule has 0 spiro atoms. The molecule has 0 heterocycles. The summed E-state index contributed by atoms with van der Waals surface area (Å²) >= 11 is 0. The van der Waals surface area contributed by atoms with Crippen LogP contribution in [0, 0.1) is 0 Å². The molecule has 2 N–H and O–H groups in total. The van der Waals surface area contributed by atoms with Gasteiger partial charge in [0.05, 0.1) is 6.61 Å². The van der Waals surface area contributed by atoms with E-state index in [0.29, 0.717) is 6.61 Å². The SMILES string of the molecule is C=C(C)C(=O)O.C=CC(=O)NC(C)C.C=CC(=O)OCCCCCCCCCCCCCCCCCC. The van der Waals surface area contributed by atoms with Crippen LogP contribution in [0.3, 0.4) is 0 Å². The van der Waals surface area contributed by atoms with Crippen molar-refractivity contribution in [1.29, 1.82) is 0 Å². The van der Waals surface area contributed by atoms with Crippen molar-refractivity contribution in [3.05, 3.63) is 37.5 Å². The summed E-state index contributed by atoms with van der Waals surface area (Å²) < 4.78 is 4.95. The first kappa shape index (κ1) is 39.1. The second kappa shape index (κ2) is 31.7. The van der Waals surface area contributed by atoms with Gasteiger partial charge < -0.3 is 15.2 Å². The van der Waals surface area contributed by atoms with Crippen LogP contribution in [0.1, 0.15) is 130 Å². The maximum atomic E-state index is 10.8. The molecule has 0 atom stereocenters. The van der Waals surface area contributed by atoms with Gasteiger partial charge in [-0.3, -0.25) is 4.79 Å². The normalized spacial score (nSPS) is 9.76. The zero-order chi connectivity index (χ0) is 28.7. The summed E-state index contributed by atoms with van der Waals surface area (Å²) in [7, 11) is 0. The second-order valence-electron chi connectivity index (χ2n) is 9.63. The van der Waals surface area contributed by atoms with Crippen molar-refractivity contribution in [3.8, 4) is 0 Å². The van der Waals surface area contributed by atoms with Crippen LogP contribution in [-0.4, -0.2) is 35.6 Å². The molecule has 0 aliphatic carbocycles. The molecule has 0 saturated carbocycles. The second-order valence-corrected chi connectivity index (χ2v) is 9.63. The number of unbranched alkanes of at least 4 members (excludes halogenated alkanes) is 15. The summed E-state index contributed by atoms with van der Waals surface area (Å²) in [5.41, 5.74) is 0.176. The highest BCUT2D eigenvalue weighted by molar-refractivity contribution is 5.87. The molecule has 1 amide bonds. The van der Waals surface area contributed by atoms with Gasteiger partial charge in [0.15, 0.2) is 0 Å². The Morgan fingerprint density at radius 2 is 1.11 bits per heavy atom. The Labute approximate surface area is 228 Å². The highest BCUT2D eigenvalue weighted by Crippen LogP contribution is 2.13.